The van der Waals surface area contributed by atoms with Crippen LogP contribution < -0.4 is 0 Å². The number of nitrogens with zero attached hydrogens (tertiary/aromatic N) is 1. The van der Waals surface area contributed by atoms with Crippen LogP contribution in [0.15, 0.2) is 48.4 Å². The molecule has 5 rings (SSSR count). The van der Waals surface area contributed by atoms with Crippen molar-refractivity contribution in [3.05, 3.63) is 76.7 Å². The Labute approximate surface area is 253 Å². The van der Waals surface area contributed by atoms with Crippen LogP contribution in [0.25, 0.3) is 32.4 Å². The number of pyridine rings is 1. The number of benzene rings is 3. The molecule has 0 unspecified atom stereocenters. The first-order valence-corrected chi connectivity index (χ1v) is 13.9. The molecule has 40 heavy (non-hydrogen) atoms. The number of aryl methyl sites for hydroxylation is 1. The normalized spacial score (nSPS) is 14.8. The van der Waals surface area contributed by atoms with Gasteiger partial charge in [-0.15, -0.1) is 29.1 Å². The third-order valence-electron chi connectivity index (χ3n) is 7.94. The number of hydrogen-bond acceptors (Lipinski definition) is 3. The summed E-state index contributed by atoms with van der Waals surface area (Å²) in [5, 5.41) is 16.1. The van der Waals surface area contributed by atoms with Crippen molar-refractivity contribution in [1.29, 1.82) is 0 Å². The topological polar surface area (TPSA) is 50.2 Å². The summed E-state index contributed by atoms with van der Waals surface area (Å²) in [5.74, 6) is 0.104. The maximum absolute atomic E-state index is 11.5. The van der Waals surface area contributed by atoms with Crippen LogP contribution in [0.1, 0.15) is 98.4 Å². The molecule has 1 aromatic heterocycles. The van der Waals surface area contributed by atoms with Crippen LogP contribution in [0.5, 0.6) is 0 Å². The number of allylic oxidation sites excluding steroid dienone is 2. The second kappa shape index (κ2) is 10.4. The molecule has 215 valence electrons. The van der Waals surface area contributed by atoms with Crippen molar-refractivity contribution >= 4 is 38.2 Å². The number of rotatable bonds is 1. The van der Waals surface area contributed by atoms with Gasteiger partial charge in [-0.05, 0) is 44.5 Å². The van der Waals surface area contributed by atoms with E-state index in [2.05, 4.69) is 77.9 Å². The maximum atomic E-state index is 11.5. The summed E-state index contributed by atoms with van der Waals surface area (Å²) >= 11 is 0. The average molecular weight is 715 g/mol. The van der Waals surface area contributed by atoms with Crippen molar-refractivity contribution < 1.29 is 30.0 Å². The van der Waals surface area contributed by atoms with Gasteiger partial charge in [0.2, 0.25) is 0 Å². The SMILES string of the molecule is CC(C)(C)C(=O)/C=C(\O)C(C)(C)C.Cc1c[c-]c2c(c1)c1cc(C(C)(C)C)cc3c1c1c(ccnc21)C3(C)C.[Ir]. The summed E-state index contributed by atoms with van der Waals surface area (Å²) in [5.41, 5.74) is 5.92. The Morgan fingerprint density at radius 3 is 2.08 bits per heavy atom. The molecule has 4 aromatic rings. The smallest absolute Gasteiger partial charge is 0.164 e. The van der Waals surface area contributed by atoms with Gasteiger partial charge in [-0.3, -0.25) is 4.79 Å². The predicted molar refractivity (Wildman–Crippen MR) is 166 cm³/mol. The molecule has 0 saturated heterocycles. The number of aromatic nitrogens is 1. The van der Waals surface area contributed by atoms with Crippen molar-refractivity contribution in [3.8, 4) is 0 Å². The van der Waals surface area contributed by atoms with Crippen LogP contribution in [-0.4, -0.2) is 15.9 Å². The Kier molecular flexibility index (Phi) is 8.29. The Morgan fingerprint density at radius 1 is 0.900 bits per heavy atom. The molecule has 4 heteroatoms. The van der Waals surface area contributed by atoms with Crippen molar-refractivity contribution in [2.45, 2.75) is 93.9 Å². The van der Waals surface area contributed by atoms with Crippen molar-refractivity contribution in [1.82, 2.24) is 4.98 Å². The third kappa shape index (κ3) is 5.63. The van der Waals surface area contributed by atoms with Gasteiger partial charge in [0, 0.05) is 48.6 Å². The molecule has 1 heterocycles. The fourth-order valence-electron chi connectivity index (χ4n) is 5.19. The minimum Gasteiger partial charge on any atom is -0.512 e. The van der Waals surface area contributed by atoms with Crippen LogP contribution in [0.3, 0.4) is 0 Å². The van der Waals surface area contributed by atoms with Gasteiger partial charge in [-0.1, -0.05) is 106 Å². The molecule has 1 radical (unpaired) electrons. The minimum absolute atomic E-state index is 0. The summed E-state index contributed by atoms with van der Waals surface area (Å²) in [6.45, 7) is 24.9. The molecule has 0 spiro atoms. The third-order valence-corrected chi connectivity index (χ3v) is 7.94. The van der Waals surface area contributed by atoms with E-state index >= 15 is 0 Å². The van der Waals surface area contributed by atoms with E-state index in [1.165, 1.54) is 49.9 Å². The van der Waals surface area contributed by atoms with Gasteiger partial charge in [-0.2, -0.15) is 0 Å². The second-order valence-corrected chi connectivity index (χ2v) is 14.8. The van der Waals surface area contributed by atoms with Crippen LogP contribution in [0.4, 0.5) is 0 Å². The Morgan fingerprint density at radius 2 is 1.52 bits per heavy atom. The Hall–Kier alpha value is -2.55. The number of carbonyl (C=O) groups excluding carboxylic acids is 1. The number of ketones is 1. The molecule has 1 N–H and O–H groups in total. The first-order chi connectivity index (χ1) is 17.7. The monoisotopic (exact) mass is 715 g/mol. The Balaban J connectivity index is 0.000000272. The average Bonchev–Trinajstić information content (AvgIpc) is 3.04. The standard InChI is InChI=1S/C25H24N.C11H20O2.Ir/c1-14-7-8-16-17(11-14)18-12-15(24(2,3)4)13-20-21(18)22-19(25(20,5)6)9-10-26-23(16)22;1-10(2,3)8(12)7-9(13)11(4,5)6;/h7,9-13H,1-6H3;7,12H,1-6H3;/q-1;;/b;8-7-;. The molecule has 1 aliphatic rings. The quantitative estimate of drug-likeness (QED) is 0.0925. The molecule has 0 aliphatic heterocycles. The molecule has 3 nitrogen and oxygen atoms in total. The van der Waals surface area contributed by atoms with E-state index in [9.17, 15) is 9.90 Å². The van der Waals surface area contributed by atoms with Gasteiger partial charge in [-0.25, -0.2) is 0 Å². The zero-order chi connectivity index (χ0) is 29.3. The van der Waals surface area contributed by atoms with E-state index in [1.807, 2.05) is 47.7 Å². The number of aliphatic hydroxyl groups excluding tert-OH is 1. The molecular weight excluding hydrogens is 671 g/mol. The molecule has 0 fully saturated rings. The summed E-state index contributed by atoms with van der Waals surface area (Å²) in [6, 6.07) is 15.0. The number of fused-ring (bicyclic) bond motifs is 3. The number of carbonyl (C=O) groups is 1. The van der Waals surface area contributed by atoms with Gasteiger partial charge in [0.05, 0.1) is 0 Å². The molecule has 0 bridgehead atoms. The van der Waals surface area contributed by atoms with Crippen molar-refractivity contribution in [2.24, 2.45) is 10.8 Å². The van der Waals surface area contributed by atoms with E-state index in [1.54, 1.807) is 0 Å². The summed E-state index contributed by atoms with van der Waals surface area (Å²) in [4.78, 5) is 16.3. The number of aliphatic hydroxyl groups is 1. The van der Waals surface area contributed by atoms with E-state index < -0.39 is 5.41 Å². The summed E-state index contributed by atoms with van der Waals surface area (Å²) in [7, 11) is 0. The number of hydrogen-bond donors (Lipinski definition) is 1. The first-order valence-electron chi connectivity index (χ1n) is 13.9. The van der Waals surface area contributed by atoms with Gasteiger partial charge in [0.1, 0.15) is 5.76 Å². The van der Waals surface area contributed by atoms with Crippen LogP contribution in [-0.2, 0) is 35.7 Å². The first kappa shape index (κ1) is 32.0. The van der Waals surface area contributed by atoms with E-state index in [-0.39, 0.29) is 47.9 Å². The van der Waals surface area contributed by atoms with Gasteiger partial charge >= 0.3 is 0 Å². The van der Waals surface area contributed by atoms with Crippen molar-refractivity contribution in [2.75, 3.05) is 0 Å². The fraction of sp³-hybridized carbons (Fsp3) is 0.444. The van der Waals surface area contributed by atoms with Gasteiger partial charge < -0.3 is 10.1 Å². The molecule has 0 amide bonds. The van der Waals surface area contributed by atoms with Crippen LogP contribution >= 0.6 is 0 Å². The largest absolute Gasteiger partial charge is 0.512 e. The summed E-state index contributed by atoms with van der Waals surface area (Å²) in [6.07, 6.45) is 3.30. The van der Waals surface area contributed by atoms with Gasteiger partial charge in [0.25, 0.3) is 0 Å². The van der Waals surface area contributed by atoms with Gasteiger partial charge in [0.15, 0.2) is 5.78 Å². The Bertz CT molecular complexity index is 1660. The zero-order valence-electron chi connectivity index (χ0n) is 26.2. The zero-order valence-corrected chi connectivity index (χ0v) is 28.6. The molecule has 1 aliphatic carbocycles. The fourth-order valence-corrected chi connectivity index (χ4v) is 5.19. The minimum atomic E-state index is -0.417. The van der Waals surface area contributed by atoms with E-state index in [4.69, 9.17) is 4.98 Å². The maximum Gasteiger partial charge on any atom is 0.164 e. The second-order valence-electron chi connectivity index (χ2n) is 14.8. The van der Waals surface area contributed by atoms with Crippen LogP contribution in [0, 0.1) is 23.8 Å². The molecule has 0 saturated carbocycles. The van der Waals surface area contributed by atoms with E-state index in [0.717, 1.165) is 10.9 Å². The molecular formula is C36H44IrNO2-. The molecule has 0 atom stereocenters. The van der Waals surface area contributed by atoms with Crippen molar-refractivity contribution in [3.63, 3.8) is 0 Å². The molecule has 3 aromatic carbocycles. The predicted octanol–water partition coefficient (Wildman–Crippen LogP) is 9.67. The van der Waals surface area contributed by atoms with E-state index in [0.29, 0.717) is 0 Å². The van der Waals surface area contributed by atoms with Crippen LogP contribution in [0.2, 0.25) is 0 Å². The summed E-state index contributed by atoms with van der Waals surface area (Å²) < 4.78 is 0.